The molecule has 4 heteroatoms. The maximum Gasteiger partial charge on any atom is 0.319 e. The van der Waals surface area contributed by atoms with Gasteiger partial charge in [0, 0.05) is 18.1 Å². The molecule has 0 bridgehead atoms. The van der Waals surface area contributed by atoms with Gasteiger partial charge in [-0.05, 0) is 12.1 Å². The molecule has 0 heterocycles. The number of amides is 2. The van der Waals surface area contributed by atoms with Crippen LogP contribution in [0.2, 0.25) is 0 Å². The highest BCUT2D eigenvalue weighted by atomic mass is 35.5. The Hall–Kier alpha value is -1.48. The Labute approximate surface area is 94.1 Å². The summed E-state index contributed by atoms with van der Waals surface area (Å²) in [5.41, 5.74) is 0.774. The zero-order valence-corrected chi connectivity index (χ0v) is 9.00. The molecule has 1 aromatic rings. The fourth-order valence-electron chi connectivity index (χ4n) is 0.995. The van der Waals surface area contributed by atoms with E-state index in [0.29, 0.717) is 12.4 Å². The van der Waals surface area contributed by atoms with Crippen LogP contribution in [0.5, 0.6) is 0 Å². The molecule has 0 spiro atoms. The first-order chi connectivity index (χ1) is 7.33. The van der Waals surface area contributed by atoms with E-state index in [2.05, 4.69) is 10.6 Å². The molecular weight excluding hydrogens is 212 g/mol. The molecule has 0 atom stereocenters. The van der Waals surface area contributed by atoms with Gasteiger partial charge in [-0.1, -0.05) is 30.4 Å². The standard InChI is InChI=1S/C11H13ClN2O/c12-8-4-5-9-13-11(15)14-10-6-2-1-3-7-10/h1-7H,8-9H2,(H2,13,14,15). The molecule has 0 aromatic heterocycles. The molecular formula is C11H13ClN2O. The maximum absolute atomic E-state index is 11.3. The van der Waals surface area contributed by atoms with Gasteiger partial charge in [0.2, 0.25) is 0 Å². The summed E-state index contributed by atoms with van der Waals surface area (Å²) in [5, 5.41) is 5.37. The van der Waals surface area contributed by atoms with Crippen LogP contribution >= 0.6 is 11.6 Å². The van der Waals surface area contributed by atoms with Crippen LogP contribution in [-0.2, 0) is 0 Å². The number of hydrogen-bond donors (Lipinski definition) is 2. The van der Waals surface area contributed by atoms with E-state index < -0.39 is 0 Å². The van der Waals surface area contributed by atoms with Crippen molar-refractivity contribution in [2.45, 2.75) is 0 Å². The molecule has 0 fully saturated rings. The smallest absolute Gasteiger partial charge is 0.319 e. The SMILES string of the molecule is O=C(NCC=CCCl)Nc1ccccc1. The average molecular weight is 225 g/mol. The fraction of sp³-hybridized carbons (Fsp3) is 0.182. The minimum absolute atomic E-state index is 0.222. The van der Waals surface area contributed by atoms with E-state index in [0.717, 1.165) is 5.69 Å². The van der Waals surface area contributed by atoms with Crippen molar-refractivity contribution in [3.8, 4) is 0 Å². The Kier molecular flexibility index (Phi) is 5.33. The van der Waals surface area contributed by atoms with Crippen molar-refractivity contribution in [2.75, 3.05) is 17.7 Å². The molecule has 2 amide bonds. The number of benzene rings is 1. The number of para-hydroxylation sites is 1. The van der Waals surface area contributed by atoms with Gasteiger partial charge in [0.1, 0.15) is 0 Å². The van der Waals surface area contributed by atoms with E-state index >= 15 is 0 Å². The molecule has 2 N–H and O–H groups in total. The van der Waals surface area contributed by atoms with Gasteiger partial charge in [-0.3, -0.25) is 0 Å². The summed E-state index contributed by atoms with van der Waals surface area (Å²) >= 11 is 5.43. The minimum Gasteiger partial charge on any atom is -0.334 e. The Morgan fingerprint density at radius 2 is 2.00 bits per heavy atom. The first-order valence-electron chi connectivity index (χ1n) is 4.64. The topological polar surface area (TPSA) is 41.1 Å². The normalized spacial score (nSPS) is 10.2. The van der Waals surface area contributed by atoms with E-state index in [-0.39, 0.29) is 6.03 Å². The Balaban J connectivity index is 2.28. The van der Waals surface area contributed by atoms with Crippen LogP contribution in [0.25, 0.3) is 0 Å². The Bertz CT molecular complexity index is 325. The summed E-state index contributed by atoms with van der Waals surface area (Å²) < 4.78 is 0. The summed E-state index contributed by atoms with van der Waals surface area (Å²) in [6, 6.07) is 9.06. The predicted octanol–water partition coefficient (Wildman–Crippen LogP) is 2.60. The van der Waals surface area contributed by atoms with Gasteiger partial charge < -0.3 is 10.6 Å². The van der Waals surface area contributed by atoms with Crippen molar-refractivity contribution in [1.82, 2.24) is 5.32 Å². The van der Waals surface area contributed by atoms with Crippen molar-refractivity contribution in [3.05, 3.63) is 42.5 Å². The number of halogens is 1. The lowest BCUT2D eigenvalue weighted by Crippen LogP contribution is -2.28. The lowest BCUT2D eigenvalue weighted by atomic mass is 10.3. The van der Waals surface area contributed by atoms with Crippen LogP contribution in [0.15, 0.2) is 42.5 Å². The van der Waals surface area contributed by atoms with Gasteiger partial charge in [0.25, 0.3) is 0 Å². The number of carbonyl (C=O) groups is 1. The molecule has 1 rings (SSSR count). The largest absolute Gasteiger partial charge is 0.334 e. The molecule has 0 radical (unpaired) electrons. The van der Waals surface area contributed by atoms with Gasteiger partial charge in [-0.15, -0.1) is 11.6 Å². The summed E-state index contributed by atoms with van der Waals surface area (Å²) in [6.07, 6.45) is 3.59. The summed E-state index contributed by atoms with van der Waals surface area (Å²) in [7, 11) is 0. The van der Waals surface area contributed by atoms with Crippen molar-refractivity contribution in [3.63, 3.8) is 0 Å². The van der Waals surface area contributed by atoms with Crippen molar-refractivity contribution in [1.29, 1.82) is 0 Å². The van der Waals surface area contributed by atoms with Crippen LogP contribution < -0.4 is 10.6 Å². The molecule has 0 saturated carbocycles. The summed E-state index contributed by atoms with van der Waals surface area (Å²) in [4.78, 5) is 11.3. The van der Waals surface area contributed by atoms with Crippen molar-refractivity contribution < 1.29 is 4.79 Å². The summed E-state index contributed by atoms with van der Waals surface area (Å²) in [6.45, 7) is 0.478. The van der Waals surface area contributed by atoms with E-state index in [1.165, 1.54) is 0 Å². The number of rotatable bonds is 4. The lowest BCUT2D eigenvalue weighted by Gasteiger charge is -2.04. The van der Waals surface area contributed by atoms with Crippen molar-refractivity contribution >= 4 is 23.3 Å². The van der Waals surface area contributed by atoms with Crippen LogP contribution in [0.4, 0.5) is 10.5 Å². The first kappa shape index (κ1) is 11.6. The number of allylic oxidation sites excluding steroid dienone is 1. The van der Waals surface area contributed by atoms with Gasteiger partial charge in [0.15, 0.2) is 0 Å². The zero-order chi connectivity index (χ0) is 10.9. The highest BCUT2D eigenvalue weighted by Crippen LogP contribution is 2.03. The quantitative estimate of drug-likeness (QED) is 0.599. The minimum atomic E-state index is -0.222. The highest BCUT2D eigenvalue weighted by Gasteiger charge is 1.97. The van der Waals surface area contributed by atoms with Gasteiger partial charge in [0.05, 0.1) is 0 Å². The molecule has 0 aliphatic carbocycles. The Morgan fingerprint density at radius 3 is 2.67 bits per heavy atom. The van der Waals surface area contributed by atoms with Crippen LogP contribution in [0.3, 0.4) is 0 Å². The number of hydrogen-bond acceptors (Lipinski definition) is 1. The second-order valence-electron chi connectivity index (χ2n) is 2.83. The fourth-order valence-corrected chi connectivity index (χ4v) is 1.12. The molecule has 80 valence electrons. The average Bonchev–Trinajstić information content (AvgIpc) is 2.26. The zero-order valence-electron chi connectivity index (χ0n) is 8.24. The summed E-state index contributed by atoms with van der Waals surface area (Å²) in [5.74, 6) is 0.460. The first-order valence-corrected chi connectivity index (χ1v) is 5.17. The number of alkyl halides is 1. The molecule has 0 unspecified atom stereocenters. The second kappa shape index (κ2) is 6.90. The molecule has 1 aromatic carbocycles. The number of carbonyl (C=O) groups excluding carboxylic acids is 1. The number of anilines is 1. The number of urea groups is 1. The molecule has 0 aliphatic heterocycles. The maximum atomic E-state index is 11.3. The monoisotopic (exact) mass is 224 g/mol. The van der Waals surface area contributed by atoms with Gasteiger partial charge in [-0.25, -0.2) is 4.79 Å². The van der Waals surface area contributed by atoms with E-state index in [1.54, 1.807) is 12.2 Å². The lowest BCUT2D eigenvalue weighted by molar-refractivity contribution is 0.253. The highest BCUT2D eigenvalue weighted by molar-refractivity contribution is 6.18. The molecule has 3 nitrogen and oxygen atoms in total. The second-order valence-corrected chi connectivity index (χ2v) is 3.14. The third-order valence-corrected chi connectivity index (χ3v) is 1.85. The van der Waals surface area contributed by atoms with E-state index in [4.69, 9.17) is 11.6 Å². The molecule has 0 aliphatic rings. The van der Waals surface area contributed by atoms with Gasteiger partial charge >= 0.3 is 6.03 Å². The van der Waals surface area contributed by atoms with Crippen LogP contribution in [0, 0.1) is 0 Å². The third-order valence-electron chi connectivity index (χ3n) is 1.67. The molecule has 15 heavy (non-hydrogen) atoms. The number of nitrogens with one attached hydrogen (secondary N) is 2. The van der Waals surface area contributed by atoms with Crippen LogP contribution in [0.1, 0.15) is 0 Å². The predicted molar refractivity (Wildman–Crippen MR) is 63.3 cm³/mol. The van der Waals surface area contributed by atoms with Crippen LogP contribution in [-0.4, -0.2) is 18.5 Å². The van der Waals surface area contributed by atoms with Gasteiger partial charge in [-0.2, -0.15) is 0 Å². The molecule has 0 saturated heterocycles. The van der Waals surface area contributed by atoms with E-state index in [9.17, 15) is 4.79 Å². The van der Waals surface area contributed by atoms with Crippen molar-refractivity contribution in [2.24, 2.45) is 0 Å². The third kappa shape index (κ3) is 5.08. The Morgan fingerprint density at radius 1 is 1.27 bits per heavy atom. The van der Waals surface area contributed by atoms with E-state index in [1.807, 2.05) is 30.3 Å².